The van der Waals surface area contributed by atoms with Crippen molar-refractivity contribution >= 4 is 11.6 Å². The van der Waals surface area contributed by atoms with E-state index in [2.05, 4.69) is 10.3 Å². The normalized spacial score (nSPS) is 12.6. The Bertz CT molecular complexity index is 399. The third-order valence-corrected chi connectivity index (χ3v) is 1.97. The summed E-state index contributed by atoms with van der Waals surface area (Å²) in [5.74, 6) is 0.117. The lowest BCUT2D eigenvalue weighted by molar-refractivity contribution is -0.137. The van der Waals surface area contributed by atoms with Gasteiger partial charge in [0.15, 0.2) is 5.96 Å². The molecule has 0 fully saturated rings. The quantitative estimate of drug-likeness (QED) is 0.635. The SMILES string of the molecule is CCCN=C(N)Nc1cccc(C(F)(F)F)c1. The fourth-order valence-corrected chi connectivity index (χ4v) is 1.19. The zero-order chi connectivity index (χ0) is 12.9. The van der Waals surface area contributed by atoms with Gasteiger partial charge in [0.05, 0.1) is 5.56 Å². The Balaban J connectivity index is 2.79. The molecule has 0 aliphatic rings. The standard InChI is InChI=1S/C11H14F3N3/c1-2-6-16-10(15)17-9-5-3-4-8(7-9)11(12,13)14/h3-5,7H,2,6H2,1H3,(H3,15,16,17). The van der Waals surface area contributed by atoms with Gasteiger partial charge < -0.3 is 11.1 Å². The van der Waals surface area contributed by atoms with Crippen LogP contribution in [-0.4, -0.2) is 12.5 Å². The molecule has 17 heavy (non-hydrogen) atoms. The molecule has 94 valence electrons. The molecule has 3 N–H and O–H groups in total. The number of nitrogens with one attached hydrogen (secondary N) is 1. The first-order valence-electron chi connectivity index (χ1n) is 5.17. The summed E-state index contributed by atoms with van der Waals surface area (Å²) in [5, 5.41) is 2.62. The summed E-state index contributed by atoms with van der Waals surface area (Å²) in [6, 6.07) is 4.82. The second-order valence-corrected chi connectivity index (χ2v) is 3.47. The minimum Gasteiger partial charge on any atom is -0.370 e. The van der Waals surface area contributed by atoms with Crippen LogP contribution in [0.2, 0.25) is 0 Å². The summed E-state index contributed by atoms with van der Waals surface area (Å²) in [4.78, 5) is 3.93. The summed E-state index contributed by atoms with van der Waals surface area (Å²) in [7, 11) is 0. The van der Waals surface area contributed by atoms with E-state index in [1.54, 1.807) is 0 Å². The van der Waals surface area contributed by atoms with Crippen molar-refractivity contribution in [2.75, 3.05) is 11.9 Å². The maximum atomic E-state index is 12.4. The molecule has 0 saturated carbocycles. The van der Waals surface area contributed by atoms with Gasteiger partial charge in [-0.2, -0.15) is 13.2 Å². The molecular weight excluding hydrogens is 231 g/mol. The molecule has 0 bridgehead atoms. The average Bonchev–Trinajstić information content (AvgIpc) is 2.25. The minimum atomic E-state index is -4.35. The average molecular weight is 245 g/mol. The Kier molecular flexibility index (Phi) is 4.37. The van der Waals surface area contributed by atoms with Crippen LogP contribution in [0.5, 0.6) is 0 Å². The van der Waals surface area contributed by atoms with Crippen molar-refractivity contribution in [3.05, 3.63) is 29.8 Å². The lowest BCUT2D eigenvalue weighted by Gasteiger charge is -2.10. The highest BCUT2D eigenvalue weighted by Gasteiger charge is 2.30. The van der Waals surface area contributed by atoms with Gasteiger partial charge in [-0.3, -0.25) is 4.99 Å². The molecular formula is C11H14F3N3. The molecule has 0 unspecified atom stereocenters. The van der Waals surface area contributed by atoms with Crippen molar-refractivity contribution in [2.24, 2.45) is 10.7 Å². The molecule has 1 aromatic rings. The van der Waals surface area contributed by atoms with Gasteiger partial charge in [-0.05, 0) is 24.6 Å². The molecule has 0 aliphatic carbocycles. The number of rotatable bonds is 3. The van der Waals surface area contributed by atoms with E-state index < -0.39 is 11.7 Å². The predicted molar refractivity (Wildman–Crippen MR) is 61.8 cm³/mol. The van der Waals surface area contributed by atoms with Gasteiger partial charge in [0.1, 0.15) is 0 Å². The number of hydrogen-bond acceptors (Lipinski definition) is 1. The molecule has 0 atom stereocenters. The van der Waals surface area contributed by atoms with E-state index in [-0.39, 0.29) is 11.6 Å². The Hall–Kier alpha value is -1.72. The molecule has 3 nitrogen and oxygen atoms in total. The van der Waals surface area contributed by atoms with Crippen molar-refractivity contribution in [1.29, 1.82) is 0 Å². The third-order valence-electron chi connectivity index (χ3n) is 1.97. The molecule has 0 aliphatic heterocycles. The number of hydrogen-bond donors (Lipinski definition) is 2. The fraction of sp³-hybridized carbons (Fsp3) is 0.364. The van der Waals surface area contributed by atoms with E-state index in [0.717, 1.165) is 18.6 Å². The maximum absolute atomic E-state index is 12.4. The zero-order valence-electron chi connectivity index (χ0n) is 9.38. The first kappa shape index (κ1) is 13.3. The van der Waals surface area contributed by atoms with E-state index in [1.165, 1.54) is 12.1 Å². The number of guanidine groups is 1. The van der Waals surface area contributed by atoms with Crippen LogP contribution in [0.15, 0.2) is 29.3 Å². The highest BCUT2D eigenvalue weighted by atomic mass is 19.4. The zero-order valence-corrected chi connectivity index (χ0v) is 9.38. The van der Waals surface area contributed by atoms with Gasteiger partial charge in [-0.1, -0.05) is 13.0 Å². The Labute approximate surface area is 97.5 Å². The van der Waals surface area contributed by atoms with Crippen molar-refractivity contribution in [3.63, 3.8) is 0 Å². The fourth-order valence-electron chi connectivity index (χ4n) is 1.19. The topological polar surface area (TPSA) is 50.4 Å². The first-order valence-corrected chi connectivity index (χ1v) is 5.17. The van der Waals surface area contributed by atoms with Crippen molar-refractivity contribution in [2.45, 2.75) is 19.5 Å². The van der Waals surface area contributed by atoms with E-state index in [1.807, 2.05) is 6.92 Å². The Morgan fingerprint density at radius 2 is 2.12 bits per heavy atom. The number of nitrogens with two attached hydrogens (primary N) is 1. The lowest BCUT2D eigenvalue weighted by Crippen LogP contribution is -2.23. The minimum absolute atomic E-state index is 0.117. The van der Waals surface area contributed by atoms with Crippen LogP contribution in [0, 0.1) is 0 Å². The van der Waals surface area contributed by atoms with Gasteiger partial charge in [-0.15, -0.1) is 0 Å². The summed E-state index contributed by atoms with van der Waals surface area (Å²) in [5.41, 5.74) is 5.07. The van der Waals surface area contributed by atoms with Gasteiger partial charge in [-0.25, -0.2) is 0 Å². The third kappa shape index (κ3) is 4.34. The van der Waals surface area contributed by atoms with Crippen LogP contribution in [0.1, 0.15) is 18.9 Å². The second-order valence-electron chi connectivity index (χ2n) is 3.47. The number of anilines is 1. The molecule has 0 aromatic heterocycles. The lowest BCUT2D eigenvalue weighted by atomic mass is 10.2. The molecule has 0 saturated heterocycles. The highest BCUT2D eigenvalue weighted by molar-refractivity contribution is 5.92. The molecule has 1 rings (SSSR count). The number of halogens is 3. The smallest absolute Gasteiger partial charge is 0.370 e. The van der Waals surface area contributed by atoms with Crippen molar-refractivity contribution in [3.8, 4) is 0 Å². The molecule has 0 radical (unpaired) electrons. The number of benzene rings is 1. The van der Waals surface area contributed by atoms with Gasteiger partial charge >= 0.3 is 6.18 Å². The number of alkyl halides is 3. The molecule has 6 heteroatoms. The van der Waals surface area contributed by atoms with Gasteiger partial charge in [0.2, 0.25) is 0 Å². The summed E-state index contributed by atoms with van der Waals surface area (Å²) in [6.45, 7) is 2.47. The predicted octanol–water partition coefficient (Wildman–Crippen LogP) is 2.84. The summed E-state index contributed by atoms with van der Waals surface area (Å²) in [6.07, 6.45) is -3.53. The van der Waals surface area contributed by atoms with Crippen LogP contribution >= 0.6 is 0 Å². The van der Waals surface area contributed by atoms with Crippen molar-refractivity contribution < 1.29 is 13.2 Å². The van der Waals surface area contributed by atoms with Crippen LogP contribution in [0.4, 0.5) is 18.9 Å². The van der Waals surface area contributed by atoms with Crippen LogP contribution in [-0.2, 0) is 6.18 Å². The monoisotopic (exact) mass is 245 g/mol. The van der Waals surface area contributed by atoms with Gasteiger partial charge in [0, 0.05) is 12.2 Å². The Morgan fingerprint density at radius 1 is 1.41 bits per heavy atom. The molecule has 0 heterocycles. The summed E-state index contributed by atoms with van der Waals surface area (Å²) >= 11 is 0. The molecule has 0 amide bonds. The van der Waals surface area contributed by atoms with E-state index >= 15 is 0 Å². The van der Waals surface area contributed by atoms with Crippen LogP contribution in [0.25, 0.3) is 0 Å². The largest absolute Gasteiger partial charge is 0.416 e. The second kappa shape index (κ2) is 5.56. The first-order chi connectivity index (χ1) is 7.93. The molecule has 0 spiro atoms. The van der Waals surface area contributed by atoms with E-state index in [4.69, 9.17) is 5.73 Å². The number of aliphatic imine (C=N–C) groups is 1. The van der Waals surface area contributed by atoms with E-state index in [9.17, 15) is 13.2 Å². The highest BCUT2D eigenvalue weighted by Crippen LogP contribution is 2.30. The maximum Gasteiger partial charge on any atom is 0.416 e. The van der Waals surface area contributed by atoms with E-state index in [0.29, 0.717) is 6.54 Å². The Morgan fingerprint density at radius 3 is 2.71 bits per heavy atom. The van der Waals surface area contributed by atoms with Crippen molar-refractivity contribution in [1.82, 2.24) is 0 Å². The van der Waals surface area contributed by atoms with Crippen LogP contribution < -0.4 is 11.1 Å². The molecule has 1 aromatic carbocycles. The number of nitrogens with zero attached hydrogens (tertiary/aromatic N) is 1. The summed E-state index contributed by atoms with van der Waals surface area (Å²) < 4.78 is 37.3. The van der Waals surface area contributed by atoms with Crippen LogP contribution in [0.3, 0.4) is 0 Å². The van der Waals surface area contributed by atoms with Gasteiger partial charge in [0.25, 0.3) is 0 Å².